The molecule has 1 fully saturated rings. The van der Waals surface area contributed by atoms with Crippen molar-refractivity contribution in [3.05, 3.63) is 123 Å². The van der Waals surface area contributed by atoms with E-state index in [0.29, 0.717) is 15.6 Å². The standard InChI is InChI=1S/C33H34Cl2N4O/c1-23-18-29(24(2)39(23)32-13-12-30(34)20-31(32)35)21-36-37-33(40)28-10-8-27(9-11-28)22-38-16-14-26(15-17-38)19-25-6-4-3-5-7-25/h3-13,18,20-21,26H,14-17,19,22H2,1-2H3,(H,37,40)/b36-21+. The third kappa shape index (κ3) is 6.84. The molecule has 1 aliphatic heterocycles. The molecule has 0 atom stereocenters. The average Bonchev–Trinajstić information content (AvgIpc) is 3.23. The number of amides is 1. The Morgan fingerprint density at radius 1 is 0.950 bits per heavy atom. The summed E-state index contributed by atoms with van der Waals surface area (Å²) < 4.78 is 2.05. The van der Waals surface area contributed by atoms with Crippen molar-refractivity contribution in [3.63, 3.8) is 0 Å². The summed E-state index contributed by atoms with van der Waals surface area (Å²) in [5, 5.41) is 5.38. The van der Waals surface area contributed by atoms with Crippen LogP contribution in [0.4, 0.5) is 0 Å². The fraction of sp³-hybridized carbons (Fsp3) is 0.273. The lowest BCUT2D eigenvalue weighted by Crippen LogP contribution is -2.33. The second kappa shape index (κ2) is 12.9. The van der Waals surface area contributed by atoms with Crippen molar-refractivity contribution in [1.29, 1.82) is 0 Å². The van der Waals surface area contributed by atoms with E-state index in [4.69, 9.17) is 23.2 Å². The molecule has 0 bridgehead atoms. The Morgan fingerprint density at radius 2 is 1.68 bits per heavy atom. The molecule has 7 heteroatoms. The minimum absolute atomic E-state index is 0.237. The van der Waals surface area contributed by atoms with E-state index >= 15 is 0 Å². The monoisotopic (exact) mass is 572 g/mol. The van der Waals surface area contributed by atoms with Crippen LogP contribution in [0.3, 0.4) is 0 Å². The Bertz CT molecular complexity index is 1490. The zero-order chi connectivity index (χ0) is 28.1. The summed E-state index contributed by atoms with van der Waals surface area (Å²) in [5.74, 6) is 0.519. The van der Waals surface area contributed by atoms with Crippen molar-refractivity contribution >= 4 is 35.3 Å². The lowest BCUT2D eigenvalue weighted by molar-refractivity contribution is 0.0955. The maximum Gasteiger partial charge on any atom is 0.271 e. The first-order valence-corrected chi connectivity index (χ1v) is 14.5. The number of nitrogens with one attached hydrogen (secondary N) is 1. The highest BCUT2D eigenvalue weighted by Gasteiger charge is 2.20. The molecule has 0 aliphatic carbocycles. The summed E-state index contributed by atoms with van der Waals surface area (Å²) in [6.07, 6.45) is 5.28. The molecule has 0 radical (unpaired) electrons. The highest BCUT2D eigenvalue weighted by atomic mass is 35.5. The van der Waals surface area contributed by atoms with E-state index in [-0.39, 0.29) is 5.91 Å². The van der Waals surface area contributed by atoms with Crippen molar-refractivity contribution < 1.29 is 4.79 Å². The first-order chi connectivity index (χ1) is 19.4. The number of aryl methyl sites for hydroxylation is 1. The number of piperidine rings is 1. The van der Waals surface area contributed by atoms with Gasteiger partial charge in [-0.25, -0.2) is 5.43 Å². The summed E-state index contributed by atoms with van der Waals surface area (Å²) >= 11 is 12.5. The highest BCUT2D eigenvalue weighted by molar-refractivity contribution is 6.35. The number of hydrazone groups is 1. The molecule has 3 aromatic carbocycles. The number of hydrogen-bond acceptors (Lipinski definition) is 3. The minimum atomic E-state index is -0.237. The smallest absolute Gasteiger partial charge is 0.271 e. The molecular formula is C33H34Cl2N4O. The molecule has 1 aromatic heterocycles. The van der Waals surface area contributed by atoms with Gasteiger partial charge in [0, 0.05) is 34.1 Å². The van der Waals surface area contributed by atoms with Gasteiger partial charge in [-0.3, -0.25) is 9.69 Å². The van der Waals surface area contributed by atoms with E-state index in [1.165, 1.54) is 30.4 Å². The lowest BCUT2D eigenvalue weighted by atomic mass is 9.90. The molecule has 4 aromatic rings. The number of nitrogens with zero attached hydrogens (tertiary/aromatic N) is 3. The number of carbonyl (C=O) groups is 1. The number of benzene rings is 3. The number of halogens is 2. The Morgan fingerprint density at radius 3 is 2.38 bits per heavy atom. The molecule has 206 valence electrons. The van der Waals surface area contributed by atoms with Crippen LogP contribution >= 0.6 is 23.2 Å². The minimum Gasteiger partial charge on any atom is -0.316 e. The molecule has 1 saturated heterocycles. The van der Waals surface area contributed by atoms with E-state index in [9.17, 15) is 4.79 Å². The fourth-order valence-electron chi connectivity index (χ4n) is 5.49. The molecule has 5 rings (SSSR count). The van der Waals surface area contributed by atoms with Gasteiger partial charge in [0.05, 0.1) is 16.9 Å². The maximum atomic E-state index is 12.7. The van der Waals surface area contributed by atoms with Gasteiger partial charge in [0.1, 0.15) is 0 Å². The van der Waals surface area contributed by atoms with Crippen molar-refractivity contribution in [1.82, 2.24) is 14.9 Å². The van der Waals surface area contributed by atoms with E-state index in [0.717, 1.165) is 48.2 Å². The number of aromatic nitrogens is 1. The van der Waals surface area contributed by atoms with Gasteiger partial charge < -0.3 is 4.57 Å². The zero-order valence-electron chi connectivity index (χ0n) is 22.9. The van der Waals surface area contributed by atoms with Crippen LogP contribution in [0.25, 0.3) is 5.69 Å². The van der Waals surface area contributed by atoms with E-state index in [1.807, 2.05) is 60.9 Å². The third-order valence-electron chi connectivity index (χ3n) is 7.69. The van der Waals surface area contributed by atoms with Gasteiger partial charge in [0.2, 0.25) is 0 Å². The second-order valence-electron chi connectivity index (χ2n) is 10.6. The summed E-state index contributed by atoms with van der Waals surface area (Å²) in [4.78, 5) is 15.2. The van der Waals surface area contributed by atoms with Crippen molar-refractivity contribution in [2.75, 3.05) is 13.1 Å². The summed E-state index contributed by atoms with van der Waals surface area (Å²) in [7, 11) is 0. The molecule has 0 saturated carbocycles. The van der Waals surface area contributed by atoms with Gasteiger partial charge in [-0.2, -0.15) is 5.10 Å². The molecule has 2 heterocycles. The molecule has 0 spiro atoms. The van der Waals surface area contributed by atoms with Gasteiger partial charge in [0.25, 0.3) is 5.91 Å². The SMILES string of the molecule is Cc1cc(/C=N/NC(=O)c2ccc(CN3CCC(Cc4ccccc4)CC3)cc2)c(C)n1-c1ccc(Cl)cc1Cl. The predicted molar refractivity (Wildman–Crippen MR) is 165 cm³/mol. The average molecular weight is 574 g/mol. The first-order valence-electron chi connectivity index (χ1n) is 13.7. The summed E-state index contributed by atoms with van der Waals surface area (Å²) in [6, 6.07) is 26.1. The van der Waals surface area contributed by atoms with Crippen molar-refractivity contribution in [2.24, 2.45) is 11.0 Å². The van der Waals surface area contributed by atoms with E-state index in [2.05, 4.69) is 45.8 Å². The van der Waals surface area contributed by atoms with Crippen LogP contribution in [0, 0.1) is 19.8 Å². The van der Waals surface area contributed by atoms with Gasteiger partial charge in [-0.05, 0) is 99.6 Å². The number of hydrogen-bond donors (Lipinski definition) is 1. The zero-order valence-corrected chi connectivity index (χ0v) is 24.4. The molecular weight excluding hydrogens is 539 g/mol. The van der Waals surface area contributed by atoms with Gasteiger partial charge >= 0.3 is 0 Å². The lowest BCUT2D eigenvalue weighted by Gasteiger charge is -2.32. The highest BCUT2D eigenvalue weighted by Crippen LogP contribution is 2.28. The molecule has 1 amide bonds. The maximum absolute atomic E-state index is 12.7. The van der Waals surface area contributed by atoms with Crippen molar-refractivity contribution in [2.45, 2.75) is 39.7 Å². The van der Waals surface area contributed by atoms with Crippen LogP contribution in [-0.2, 0) is 13.0 Å². The van der Waals surface area contributed by atoms with Gasteiger partial charge in [-0.15, -0.1) is 0 Å². The molecule has 40 heavy (non-hydrogen) atoms. The first kappa shape index (κ1) is 28.2. The Kier molecular flexibility index (Phi) is 9.05. The normalized spacial score (nSPS) is 14.6. The number of rotatable bonds is 8. The molecule has 5 nitrogen and oxygen atoms in total. The van der Waals surface area contributed by atoms with Gasteiger partial charge in [-0.1, -0.05) is 65.7 Å². The molecule has 0 unspecified atom stereocenters. The largest absolute Gasteiger partial charge is 0.316 e. The van der Waals surface area contributed by atoms with E-state index in [1.54, 1.807) is 12.3 Å². The number of likely N-dealkylation sites (tertiary alicyclic amines) is 1. The summed E-state index contributed by atoms with van der Waals surface area (Å²) in [5.41, 5.74) is 9.61. The topological polar surface area (TPSA) is 49.6 Å². The Labute approximate surface area is 246 Å². The van der Waals surface area contributed by atoms with Crippen molar-refractivity contribution in [3.8, 4) is 5.69 Å². The van der Waals surface area contributed by atoms with Crippen LogP contribution in [0.2, 0.25) is 10.0 Å². The Hall–Kier alpha value is -3.38. The second-order valence-corrected chi connectivity index (χ2v) is 11.4. The summed E-state index contributed by atoms with van der Waals surface area (Å²) in [6.45, 7) is 7.12. The quantitative estimate of drug-likeness (QED) is 0.174. The van der Waals surface area contributed by atoms with Crippen LogP contribution in [0.15, 0.2) is 84.0 Å². The van der Waals surface area contributed by atoms with Crippen LogP contribution in [-0.4, -0.2) is 34.7 Å². The van der Waals surface area contributed by atoms with Crippen LogP contribution in [0.1, 0.15) is 51.3 Å². The third-order valence-corrected chi connectivity index (χ3v) is 8.23. The molecule has 1 N–H and O–H groups in total. The van der Waals surface area contributed by atoms with E-state index < -0.39 is 0 Å². The van der Waals surface area contributed by atoms with Gasteiger partial charge in [0.15, 0.2) is 0 Å². The Balaban J connectivity index is 1.13. The fourth-order valence-corrected chi connectivity index (χ4v) is 5.99. The number of carbonyl (C=O) groups excluding carboxylic acids is 1. The molecule has 1 aliphatic rings. The predicted octanol–water partition coefficient (Wildman–Crippen LogP) is 7.62. The van der Waals surface area contributed by atoms with Crippen LogP contribution < -0.4 is 5.43 Å². The van der Waals surface area contributed by atoms with Crippen LogP contribution in [0.5, 0.6) is 0 Å².